The minimum atomic E-state index is -4.46. The van der Waals surface area contributed by atoms with Crippen LogP contribution in [0.1, 0.15) is 15.9 Å². The van der Waals surface area contributed by atoms with E-state index in [2.05, 4.69) is 20.6 Å². The zero-order valence-corrected chi connectivity index (χ0v) is 20.2. The molecule has 1 amide bonds. The number of benzene rings is 2. The Morgan fingerprint density at radius 1 is 0.946 bits per heavy atom. The molecular formula is C26H26F3N5O3. The smallest absolute Gasteiger partial charge is 0.378 e. The van der Waals surface area contributed by atoms with Crippen molar-refractivity contribution in [3.63, 3.8) is 0 Å². The van der Waals surface area contributed by atoms with Gasteiger partial charge in [-0.25, -0.2) is 9.97 Å². The molecule has 194 valence electrons. The van der Waals surface area contributed by atoms with Gasteiger partial charge in [-0.15, -0.1) is 0 Å². The van der Waals surface area contributed by atoms with Gasteiger partial charge in [0.1, 0.15) is 12.2 Å². The number of anilines is 2. The fourth-order valence-electron chi connectivity index (χ4n) is 4.49. The summed E-state index contributed by atoms with van der Waals surface area (Å²) in [5, 5.41) is 6.10. The van der Waals surface area contributed by atoms with Crippen LogP contribution in [-0.4, -0.2) is 67.5 Å². The van der Waals surface area contributed by atoms with Gasteiger partial charge in [0.05, 0.1) is 36.6 Å². The molecule has 1 aromatic heterocycles. The van der Waals surface area contributed by atoms with E-state index in [0.717, 1.165) is 41.2 Å². The van der Waals surface area contributed by atoms with Crippen LogP contribution in [0.2, 0.25) is 0 Å². The number of fused-ring (bicyclic) bond motifs is 1. The quantitative estimate of drug-likeness (QED) is 0.521. The summed E-state index contributed by atoms with van der Waals surface area (Å²) >= 11 is 0. The van der Waals surface area contributed by atoms with Crippen molar-refractivity contribution in [2.45, 2.75) is 30.5 Å². The molecule has 37 heavy (non-hydrogen) atoms. The second-order valence-corrected chi connectivity index (χ2v) is 9.21. The fraction of sp³-hybridized carbons (Fsp3) is 0.346. The Morgan fingerprint density at radius 2 is 1.59 bits per heavy atom. The predicted octanol–water partition coefficient (Wildman–Crippen LogP) is 3.61. The molecule has 0 saturated carbocycles. The van der Waals surface area contributed by atoms with Crippen LogP contribution in [0.4, 0.5) is 24.8 Å². The van der Waals surface area contributed by atoms with Crippen LogP contribution in [0.25, 0.3) is 11.3 Å². The fourth-order valence-corrected chi connectivity index (χ4v) is 4.49. The number of carbonyl (C=O) groups is 1. The lowest BCUT2D eigenvalue weighted by molar-refractivity contribution is -0.137. The summed E-state index contributed by atoms with van der Waals surface area (Å²) < 4.78 is 50.2. The van der Waals surface area contributed by atoms with E-state index < -0.39 is 29.8 Å². The van der Waals surface area contributed by atoms with Gasteiger partial charge in [-0.3, -0.25) is 4.79 Å². The van der Waals surface area contributed by atoms with Crippen LogP contribution >= 0.6 is 0 Å². The number of nitrogens with one attached hydrogen (secondary N) is 2. The number of nitrogens with zero attached hydrogens (tertiary/aromatic N) is 3. The molecule has 5 rings (SSSR count). The molecule has 11 heteroatoms. The molecule has 4 unspecified atom stereocenters. The van der Waals surface area contributed by atoms with Gasteiger partial charge in [0.2, 0.25) is 5.95 Å². The van der Waals surface area contributed by atoms with E-state index in [1.54, 1.807) is 6.20 Å². The molecule has 3 aromatic rings. The van der Waals surface area contributed by atoms with Crippen LogP contribution in [-0.2, 0) is 15.7 Å². The highest BCUT2D eigenvalue weighted by Crippen LogP contribution is 2.31. The lowest BCUT2D eigenvalue weighted by Crippen LogP contribution is -2.44. The first-order chi connectivity index (χ1) is 17.7. The minimum Gasteiger partial charge on any atom is -0.378 e. The number of aromatic nitrogens is 2. The van der Waals surface area contributed by atoms with Crippen molar-refractivity contribution >= 4 is 17.5 Å². The van der Waals surface area contributed by atoms with Gasteiger partial charge in [0.25, 0.3) is 5.91 Å². The second kappa shape index (κ2) is 9.98. The van der Waals surface area contributed by atoms with Crippen LogP contribution in [0.3, 0.4) is 0 Å². The molecule has 8 nitrogen and oxygen atoms in total. The number of carbonyl (C=O) groups excluding carboxylic acids is 1. The van der Waals surface area contributed by atoms with E-state index >= 15 is 0 Å². The monoisotopic (exact) mass is 513 g/mol. The lowest BCUT2D eigenvalue weighted by atomic mass is 10.1. The molecule has 0 radical (unpaired) electrons. The SMILES string of the molecule is CN(C)c1ccc(-c2ccnc(NC3COC4C(NC(=O)c5ccc(C(F)(F)F)cc5)COC34)n2)cc1. The van der Waals surface area contributed by atoms with E-state index in [4.69, 9.17) is 9.47 Å². The molecule has 2 saturated heterocycles. The maximum atomic E-state index is 12.8. The third-order valence-electron chi connectivity index (χ3n) is 6.49. The van der Waals surface area contributed by atoms with Crippen molar-refractivity contribution < 1.29 is 27.4 Å². The third-order valence-corrected chi connectivity index (χ3v) is 6.49. The number of alkyl halides is 3. The highest BCUT2D eigenvalue weighted by Gasteiger charge is 2.48. The average molecular weight is 514 g/mol. The highest BCUT2D eigenvalue weighted by molar-refractivity contribution is 5.94. The van der Waals surface area contributed by atoms with E-state index in [9.17, 15) is 18.0 Å². The highest BCUT2D eigenvalue weighted by atomic mass is 19.4. The summed E-state index contributed by atoms with van der Waals surface area (Å²) in [6, 6.07) is 13.3. The Kier molecular flexibility index (Phi) is 6.74. The second-order valence-electron chi connectivity index (χ2n) is 9.21. The Bertz CT molecular complexity index is 1250. The van der Waals surface area contributed by atoms with Gasteiger partial charge in [-0.1, -0.05) is 12.1 Å². The maximum Gasteiger partial charge on any atom is 0.416 e. The van der Waals surface area contributed by atoms with Crippen LogP contribution in [0.5, 0.6) is 0 Å². The van der Waals surface area contributed by atoms with Crippen molar-refractivity contribution in [1.29, 1.82) is 0 Å². The van der Waals surface area contributed by atoms with Crippen molar-refractivity contribution in [2.24, 2.45) is 0 Å². The molecule has 2 aliphatic rings. The Labute approximate surface area is 211 Å². The number of rotatable bonds is 6. The van der Waals surface area contributed by atoms with Crippen LogP contribution in [0.15, 0.2) is 60.8 Å². The first-order valence-corrected chi connectivity index (χ1v) is 11.8. The Hall–Kier alpha value is -3.70. The molecule has 0 spiro atoms. The molecule has 3 heterocycles. The van der Waals surface area contributed by atoms with E-state index in [-0.39, 0.29) is 24.3 Å². The standard InChI is InChI=1S/C26H26F3N5O3/c1-34(2)18-9-5-15(6-10-18)19-11-12-30-25(32-19)33-21-14-37-22-20(13-36-23(21)22)31-24(35)16-3-7-17(8-4-16)26(27,28)29/h3-12,20-23H,13-14H2,1-2H3,(H,31,35)(H,30,32,33). The number of halogens is 3. The van der Waals surface area contributed by atoms with Gasteiger partial charge < -0.3 is 25.0 Å². The number of ether oxygens (including phenoxy) is 2. The molecule has 0 bridgehead atoms. The Morgan fingerprint density at radius 3 is 2.24 bits per heavy atom. The van der Waals surface area contributed by atoms with E-state index in [0.29, 0.717) is 12.6 Å². The summed E-state index contributed by atoms with van der Waals surface area (Å²) in [6.07, 6.45) is -3.52. The third kappa shape index (κ3) is 5.37. The first kappa shape index (κ1) is 25.0. The number of hydrogen-bond donors (Lipinski definition) is 2. The number of amides is 1. The van der Waals surface area contributed by atoms with E-state index in [1.165, 1.54) is 0 Å². The lowest BCUT2D eigenvalue weighted by Gasteiger charge is -2.18. The molecule has 2 N–H and O–H groups in total. The summed E-state index contributed by atoms with van der Waals surface area (Å²) in [4.78, 5) is 23.6. The van der Waals surface area contributed by atoms with Crippen LogP contribution in [0, 0.1) is 0 Å². The molecular weight excluding hydrogens is 487 g/mol. The summed E-state index contributed by atoms with van der Waals surface area (Å²) in [7, 11) is 3.96. The van der Waals surface area contributed by atoms with Crippen molar-refractivity contribution in [3.05, 3.63) is 71.9 Å². The topological polar surface area (TPSA) is 88.6 Å². The first-order valence-electron chi connectivity index (χ1n) is 11.8. The van der Waals surface area contributed by atoms with Gasteiger partial charge in [0, 0.05) is 37.1 Å². The van der Waals surface area contributed by atoms with Crippen LogP contribution < -0.4 is 15.5 Å². The molecule has 2 aliphatic heterocycles. The van der Waals surface area contributed by atoms with Crippen molar-refractivity contribution in [2.75, 3.05) is 37.5 Å². The summed E-state index contributed by atoms with van der Waals surface area (Å²) in [5.74, 6) is -0.0522. The molecule has 2 aromatic carbocycles. The molecule has 0 aliphatic carbocycles. The van der Waals surface area contributed by atoms with Gasteiger partial charge >= 0.3 is 6.18 Å². The predicted molar refractivity (Wildman–Crippen MR) is 131 cm³/mol. The maximum absolute atomic E-state index is 12.8. The average Bonchev–Trinajstić information content (AvgIpc) is 3.47. The van der Waals surface area contributed by atoms with E-state index in [1.807, 2.05) is 49.3 Å². The van der Waals surface area contributed by atoms with Gasteiger partial charge in [0.15, 0.2) is 0 Å². The minimum absolute atomic E-state index is 0.132. The van der Waals surface area contributed by atoms with Crippen molar-refractivity contribution in [1.82, 2.24) is 15.3 Å². The molecule has 2 fully saturated rings. The summed E-state index contributed by atoms with van der Waals surface area (Å²) in [6.45, 7) is 0.548. The van der Waals surface area contributed by atoms with Gasteiger partial charge in [-0.05, 0) is 42.5 Å². The van der Waals surface area contributed by atoms with Crippen molar-refractivity contribution in [3.8, 4) is 11.3 Å². The Balaban J connectivity index is 1.21. The number of hydrogen-bond acceptors (Lipinski definition) is 7. The molecule has 4 atom stereocenters. The largest absolute Gasteiger partial charge is 0.416 e. The normalized spacial score (nSPS) is 22.9. The summed E-state index contributed by atoms with van der Waals surface area (Å²) in [5.41, 5.74) is 2.14. The van der Waals surface area contributed by atoms with Gasteiger partial charge in [-0.2, -0.15) is 13.2 Å². The zero-order chi connectivity index (χ0) is 26.2. The zero-order valence-electron chi connectivity index (χ0n) is 20.2.